The van der Waals surface area contributed by atoms with Crippen LogP contribution in [0.2, 0.25) is 5.02 Å². The van der Waals surface area contributed by atoms with Crippen LogP contribution in [0.15, 0.2) is 28.2 Å². The smallest absolute Gasteiger partial charge is 0.328 e. The van der Waals surface area contributed by atoms with Crippen LogP contribution in [0.5, 0.6) is 0 Å². The Morgan fingerprint density at radius 3 is 2.63 bits per heavy atom. The number of nitrogens with zero attached hydrogens (tertiary/aromatic N) is 3. The Kier molecular flexibility index (Phi) is 6.50. The summed E-state index contributed by atoms with van der Waals surface area (Å²) < 4.78 is 4.81. The maximum atomic E-state index is 12.1. The van der Waals surface area contributed by atoms with Gasteiger partial charge in [-0.25, -0.2) is 9.79 Å². The van der Waals surface area contributed by atoms with Crippen molar-refractivity contribution in [1.29, 1.82) is 0 Å². The van der Waals surface area contributed by atoms with Gasteiger partial charge in [-0.3, -0.25) is 9.69 Å². The molecular formula is C20H27ClN6O3. The first-order valence-corrected chi connectivity index (χ1v) is 10.3. The molecule has 1 aromatic carbocycles. The molecule has 30 heavy (non-hydrogen) atoms. The number of ether oxygens (including phenoxy) is 1. The molecule has 162 valence electrons. The van der Waals surface area contributed by atoms with E-state index in [0.717, 1.165) is 37.8 Å². The molecule has 1 saturated carbocycles. The largest absolute Gasteiger partial charge is 0.467 e. The normalized spacial score (nSPS) is 19.0. The van der Waals surface area contributed by atoms with Gasteiger partial charge in [0.25, 0.3) is 0 Å². The van der Waals surface area contributed by atoms with Crippen LogP contribution in [0.1, 0.15) is 44.6 Å². The first kappa shape index (κ1) is 21.9. The lowest BCUT2D eigenvalue weighted by Gasteiger charge is -2.45. The van der Waals surface area contributed by atoms with E-state index in [-0.39, 0.29) is 24.2 Å². The molecular weight excluding hydrogens is 408 g/mol. The molecule has 0 saturated heterocycles. The van der Waals surface area contributed by atoms with Gasteiger partial charge in [0.05, 0.1) is 7.11 Å². The average Bonchev–Trinajstić information content (AvgIpc) is 2.68. The minimum Gasteiger partial charge on any atom is -0.467 e. The number of carbonyl (C=O) groups is 2. The maximum absolute atomic E-state index is 12.1. The van der Waals surface area contributed by atoms with E-state index in [1.54, 1.807) is 6.07 Å². The third-order valence-corrected chi connectivity index (χ3v) is 5.79. The standard InChI is InChI=1S/C20H27ClN6O3/c1-12(28)24-16(17(29)30-2)11-13-10-14(6-7-15(13)21)27-19(23)25-18(22)26-20(27)8-4-3-5-9-20/h6-7,10,16H,3-5,8-9,11H2,1-2H3,(H,24,28)(H4,22,23,25,26). The number of hydrogen-bond donors (Lipinski definition) is 3. The molecule has 1 aliphatic heterocycles. The average molecular weight is 435 g/mol. The van der Waals surface area contributed by atoms with Gasteiger partial charge in [-0.2, -0.15) is 4.99 Å². The van der Waals surface area contributed by atoms with Crippen molar-refractivity contribution in [2.24, 2.45) is 21.5 Å². The van der Waals surface area contributed by atoms with Gasteiger partial charge in [-0.15, -0.1) is 0 Å². The van der Waals surface area contributed by atoms with Gasteiger partial charge in [0.1, 0.15) is 11.7 Å². The third kappa shape index (κ3) is 4.51. The Bertz CT molecular complexity index is 895. The number of guanidine groups is 2. The highest BCUT2D eigenvalue weighted by Gasteiger charge is 2.42. The van der Waals surface area contributed by atoms with Crippen LogP contribution < -0.4 is 21.7 Å². The molecule has 5 N–H and O–H groups in total. The summed E-state index contributed by atoms with van der Waals surface area (Å²) in [5.74, 6) is -0.441. The quantitative estimate of drug-likeness (QED) is 0.603. The second-order valence-electron chi connectivity index (χ2n) is 7.57. The van der Waals surface area contributed by atoms with E-state index in [0.29, 0.717) is 10.6 Å². The number of anilines is 1. The fourth-order valence-electron chi connectivity index (χ4n) is 4.15. The molecule has 10 heteroatoms. The number of carbonyl (C=O) groups excluding carboxylic acids is 2. The highest BCUT2D eigenvalue weighted by atomic mass is 35.5. The summed E-state index contributed by atoms with van der Waals surface area (Å²) in [4.78, 5) is 34.4. The van der Waals surface area contributed by atoms with E-state index in [1.807, 2.05) is 17.0 Å². The first-order chi connectivity index (χ1) is 14.3. The van der Waals surface area contributed by atoms with E-state index >= 15 is 0 Å². The molecule has 0 radical (unpaired) electrons. The van der Waals surface area contributed by atoms with Crippen molar-refractivity contribution in [3.63, 3.8) is 0 Å². The molecule has 0 bridgehead atoms. The number of benzene rings is 1. The highest BCUT2D eigenvalue weighted by Crippen LogP contribution is 2.40. The predicted molar refractivity (Wildman–Crippen MR) is 116 cm³/mol. The lowest BCUT2D eigenvalue weighted by Crippen LogP contribution is -2.58. The molecule has 9 nitrogen and oxygen atoms in total. The van der Waals surface area contributed by atoms with Gasteiger partial charge in [-0.1, -0.05) is 18.0 Å². The number of rotatable bonds is 5. The van der Waals surface area contributed by atoms with Gasteiger partial charge < -0.3 is 21.5 Å². The third-order valence-electron chi connectivity index (χ3n) is 5.43. The van der Waals surface area contributed by atoms with Crippen LogP contribution in [0.25, 0.3) is 0 Å². The molecule has 1 unspecified atom stereocenters. The Labute approximate surface area is 180 Å². The summed E-state index contributed by atoms with van der Waals surface area (Å²) >= 11 is 6.41. The van der Waals surface area contributed by atoms with Crippen LogP contribution in [-0.4, -0.2) is 42.6 Å². The molecule has 1 fully saturated rings. The number of nitrogens with one attached hydrogen (secondary N) is 1. The second-order valence-corrected chi connectivity index (χ2v) is 7.98. The molecule has 2 aliphatic rings. The summed E-state index contributed by atoms with van der Waals surface area (Å²) in [6.45, 7) is 1.34. The first-order valence-electron chi connectivity index (χ1n) is 9.89. The fourth-order valence-corrected chi connectivity index (χ4v) is 4.35. The van der Waals surface area contributed by atoms with Crippen LogP contribution in [0.3, 0.4) is 0 Å². The van der Waals surface area contributed by atoms with Crippen molar-refractivity contribution in [1.82, 2.24) is 5.32 Å². The molecule has 1 aromatic rings. The highest BCUT2D eigenvalue weighted by molar-refractivity contribution is 6.31. The lowest BCUT2D eigenvalue weighted by atomic mass is 9.87. The summed E-state index contributed by atoms with van der Waals surface area (Å²) in [5.41, 5.74) is 13.0. The van der Waals surface area contributed by atoms with E-state index in [2.05, 4.69) is 15.3 Å². The van der Waals surface area contributed by atoms with Gasteiger partial charge >= 0.3 is 5.97 Å². The number of nitrogens with two attached hydrogens (primary N) is 2. The molecule has 1 amide bonds. The minimum absolute atomic E-state index is 0.169. The lowest BCUT2D eigenvalue weighted by molar-refractivity contribution is -0.144. The van der Waals surface area contributed by atoms with Crippen molar-refractivity contribution in [3.8, 4) is 0 Å². The van der Waals surface area contributed by atoms with Gasteiger partial charge in [-0.05, 0) is 49.4 Å². The summed E-state index contributed by atoms with van der Waals surface area (Å²) in [7, 11) is 1.27. The number of amides is 1. The number of methoxy groups -OCH3 is 1. The summed E-state index contributed by atoms with van der Waals surface area (Å²) in [5, 5.41) is 3.07. The van der Waals surface area contributed by atoms with Gasteiger partial charge in [0.2, 0.25) is 17.8 Å². The second kappa shape index (κ2) is 8.91. The van der Waals surface area contributed by atoms with Crippen LogP contribution >= 0.6 is 11.6 Å². The Morgan fingerprint density at radius 2 is 2.00 bits per heavy atom. The number of aliphatic imine (C=N–C) groups is 2. The van der Waals surface area contributed by atoms with Gasteiger partial charge in [0.15, 0.2) is 0 Å². The van der Waals surface area contributed by atoms with Crippen LogP contribution in [0.4, 0.5) is 5.69 Å². The number of esters is 1. The maximum Gasteiger partial charge on any atom is 0.328 e. The number of halogens is 1. The Morgan fingerprint density at radius 1 is 1.30 bits per heavy atom. The molecule has 0 aromatic heterocycles. The van der Waals surface area contributed by atoms with Crippen LogP contribution in [-0.2, 0) is 20.7 Å². The zero-order chi connectivity index (χ0) is 21.9. The van der Waals surface area contributed by atoms with E-state index in [9.17, 15) is 9.59 Å². The minimum atomic E-state index is -0.857. The monoisotopic (exact) mass is 434 g/mol. The fraction of sp³-hybridized carbons (Fsp3) is 0.500. The van der Waals surface area contributed by atoms with E-state index in [4.69, 9.17) is 27.8 Å². The summed E-state index contributed by atoms with van der Waals surface area (Å²) in [6, 6.07) is 4.56. The molecule has 1 spiro atoms. The van der Waals surface area contributed by atoms with Gasteiger partial charge in [0, 0.05) is 24.1 Å². The SMILES string of the molecule is COC(=O)C(Cc1cc(N2C(N)=NC(N)=NC23CCCCC3)ccc1Cl)NC(C)=O. The molecule has 1 aliphatic carbocycles. The topological polar surface area (TPSA) is 135 Å². The predicted octanol–water partition coefficient (Wildman–Crippen LogP) is 1.67. The van der Waals surface area contributed by atoms with Crippen molar-refractivity contribution < 1.29 is 14.3 Å². The van der Waals surface area contributed by atoms with Crippen molar-refractivity contribution >= 4 is 41.1 Å². The Balaban J connectivity index is 1.98. The Hall–Kier alpha value is -2.81. The molecule has 1 heterocycles. The van der Waals surface area contributed by atoms with Crippen LogP contribution in [0, 0.1) is 0 Å². The van der Waals surface area contributed by atoms with E-state index < -0.39 is 17.7 Å². The van der Waals surface area contributed by atoms with E-state index in [1.165, 1.54) is 14.0 Å². The van der Waals surface area contributed by atoms with Crippen molar-refractivity contribution in [2.75, 3.05) is 12.0 Å². The van der Waals surface area contributed by atoms with Crippen molar-refractivity contribution in [2.45, 2.75) is 57.2 Å². The zero-order valence-electron chi connectivity index (χ0n) is 17.2. The summed E-state index contributed by atoms with van der Waals surface area (Å²) in [6.07, 6.45) is 4.92. The number of hydrogen-bond acceptors (Lipinski definition) is 8. The molecule has 3 rings (SSSR count). The van der Waals surface area contributed by atoms with Crippen molar-refractivity contribution in [3.05, 3.63) is 28.8 Å². The zero-order valence-corrected chi connectivity index (χ0v) is 17.9. The molecule has 1 atom stereocenters.